The van der Waals surface area contributed by atoms with Crippen LogP contribution in [0.2, 0.25) is 0 Å². The number of aryl methyl sites for hydroxylation is 1. The van der Waals surface area contributed by atoms with Crippen molar-refractivity contribution in [3.63, 3.8) is 0 Å². The molecule has 3 rings (SSSR count). The zero-order valence-electron chi connectivity index (χ0n) is 14.8. The van der Waals surface area contributed by atoms with E-state index in [0.29, 0.717) is 22.1 Å². The van der Waals surface area contributed by atoms with Crippen LogP contribution < -0.4 is 10.0 Å². The molecular weight excluding hydrogens is 511 g/mol. The third kappa shape index (κ3) is 5.56. The first-order chi connectivity index (χ1) is 13.3. The van der Waals surface area contributed by atoms with Gasteiger partial charge in [0, 0.05) is 22.1 Å². The van der Waals surface area contributed by atoms with Gasteiger partial charge in [0.2, 0.25) is 15.2 Å². The van der Waals surface area contributed by atoms with Crippen molar-refractivity contribution in [1.29, 1.82) is 0 Å². The Morgan fingerprint density at radius 3 is 2.61 bits per heavy atom. The molecule has 1 heterocycles. The predicted octanol–water partition coefficient (Wildman–Crippen LogP) is 3.22. The molecule has 0 unspecified atom stereocenters. The van der Waals surface area contributed by atoms with E-state index in [1.54, 1.807) is 36.4 Å². The normalized spacial score (nSPS) is 11.4. The van der Waals surface area contributed by atoms with Crippen molar-refractivity contribution in [2.24, 2.45) is 0 Å². The van der Waals surface area contributed by atoms with Gasteiger partial charge in [-0.3, -0.25) is 10.1 Å². The highest BCUT2D eigenvalue weighted by molar-refractivity contribution is 14.1. The highest BCUT2D eigenvalue weighted by atomic mass is 127. The minimum absolute atomic E-state index is 0.190. The monoisotopic (exact) mass is 528 g/mol. The molecule has 0 aliphatic heterocycles. The van der Waals surface area contributed by atoms with Gasteiger partial charge in [0.1, 0.15) is 5.01 Å². The number of aromatic nitrogens is 2. The number of sulfonamides is 1. The highest BCUT2D eigenvalue weighted by Crippen LogP contribution is 2.17. The molecule has 146 valence electrons. The maximum absolute atomic E-state index is 12.3. The summed E-state index contributed by atoms with van der Waals surface area (Å²) in [4.78, 5) is 12.5. The molecule has 7 nitrogen and oxygen atoms in total. The minimum atomic E-state index is -3.56. The van der Waals surface area contributed by atoms with Crippen molar-refractivity contribution < 1.29 is 13.2 Å². The number of amides is 1. The van der Waals surface area contributed by atoms with Gasteiger partial charge >= 0.3 is 0 Å². The zero-order valence-corrected chi connectivity index (χ0v) is 18.6. The van der Waals surface area contributed by atoms with E-state index in [1.807, 2.05) is 19.1 Å². The summed E-state index contributed by atoms with van der Waals surface area (Å²) in [5.74, 6) is -0.263. The Balaban J connectivity index is 1.55. The molecule has 0 atom stereocenters. The summed E-state index contributed by atoms with van der Waals surface area (Å²) in [5, 5.41) is 11.7. The largest absolute Gasteiger partial charge is 0.296 e. The number of anilines is 1. The molecule has 3 aromatic rings. The van der Waals surface area contributed by atoms with Gasteiger partial charge in [-0.2, -0.15) is 0 Å². The average Bonchev–Trinajstić information content (AvgIpc) is 3.09. The molecule has 0 aliphatic carbocycles. The number of hydrogen-bond acceptors (Lipinski definition) is 6. The summed E-state index contributed by atoms with van der Waals surface area (Å²) < 4.78 is 28.0. The fraction of sp³-hybridized carbons (Fsp3) is 0.167. The average molecular weight is 528 g/mol. The molecule has 1 aromatic heterocycles. The standard InChI is InChI=1S/C18H17IN4O3S2/c1-12-5-7-15(8-6-12)28(25,26)20-10-9-16-22-23-18(27-16)21-17(24)13-3-2-4-14(19)11-13/h2-8,11,20H,9-10H2,1H3,(H,21,23,24). The van der Waals surface area contributed by atoms with Gasteiger partial charge in [0.15, 0.2) is 0 Å². The van der Waals surface area contributed by atoms with Crippen molar-refractivity contribution in [2.75, 3.05) is 11.9 Å². The van der Waals surface area contributed by atoms with Crippen LogP contribution in [0.3, 0.4) is 0 Å². The maximum Gasteiger partial charge on any atom is 0.257 e. The molecule has 0 aliphatic rings. The number of carbonyl (C=O) groups is 1. The molecule has 1 amide bonds. The van der Waals surface area contributed by atoms with Crippen LogP contribution in [0, 0.1) is 10.5 Å². The predicted molar refractivity (Wildman–Crippen MR) is 117 cm³/mol. The summed E-state index contributed by atoms with van der Waals surface area (Å²) in [7, 11) is -3.56. The number of nitrogens with zero attached hydrogens (tertiary/aromatic N) is 2. The van der Waals surface area contributed by atoms with Crippen LogP contribution in [0.15, 0.2) is 53.4 Å². The summed E-state index contributed by atoms with van der Waals surface area (Å²) in [6, 6.07) is 13.9. The Morgan fingerprint density at radius 2 is 1.89 bits per heavy atom. The van der Waals surface area contributed by atoms with Gasteiger partial charge in [-0.25, -0.2) is 13.1 Å². The van der Waals surface area contributed by atoms with Crippen LogP contribution in [0.4, 0.5) is 5.13 Å². The molecule has 0 radical (unpaired) electrons. The van der Waals surface area contributed by atoms with E-state index >= 15 is 0 Å². The van der Waals surface area contributed by atoms with E-state index in [2.05, 4.69) is 42.8 Å². The zero-order chi connectivity index (χ0) is 20.1. The number of carbonyl (C=O) groups excluding carboxylic acids is 1. The number of rotatable bonds is 7. The first-order valence-corrected chi connectivity index (χ1v) is 11.7. The third-order valence-corrected chi connectivity index (χ3v) is 6.78. The van der Waals surface area contributed by atoms with Crippen LogP contribution in [0.25, 0.3) is 0 Å². The van der Waals surface area contributed by atoms with Crippen molar-refractivity contribution in [3.8, 4) is 0 Å². The fourth-order valence-corrected chi connectivity index (χ4v) is 4.61. The quantitative estimate of drug-likeness (QED) is 0.459. The Bertz CT molecular complexity index is 1080. The molecular formula is C18H17IN4O3S2. The molecule has 0 saturated carbocycles. The van der Waals surface area contributed by atoms with Crippen LogP contribution in [0.5, 0.6) is 0 Å². The van der Waals surface area contributed by atoms with Crippen LogP contribution in [-0.2, 0) is 16.4 Å². The lowest BCUT2D eigenvalue weighted by Gasteiger charge is -2.05. The number of halogens is 1. The number of nitrogens with one attached hydrogen (secondary N) is 2. The van der Waals surface area contributed by atoms with Crippen LogP contribution >= 0.6 is 33.9 Å². The van der Waals surface area contributed by atoms with E-state index < -0.39 is 10.0 Å². The Labute approximate surface area is 180 Å². The molecule has 0 bridgehead atoms. The lowest BCUT2D eigenvalue weighted by Crippen LogP contribution is -2.25. The third-order valence-electron chi connectivity index (χ3n) is 3.74. The summed E-state index contributed by atoms with van der Waals surface area (Å²) in [5.41, 5.74) is 1.53. The number of benzene rings is 2. The molecule has 28 heavy (non-hydrogen) atoms. The van der Waals surface area contributed by atoms with Crippen molar-refractivity contribution in [3.05, 3.63) is 68.2 Å². The summed E-state index contributed by atoms with van der Waals surface area (Å²) in [6.07, 6.45) is 0.377. The second kappa shape index (κ2) is 9.07. The second-order valence-electron chi connectivity index (χ2n) is 5.93. The first kappa shape index (κ1) is 20.8. The molecule has 2 N–H and O–H groups in total. The molecule has 0 spiro atoms. The number of hydrogen-bond donors (Lipinski definition) is 2. The molecule has 0 fully saturated rings. The van der Waals surface area contributed by atoms with Crippen LogP contribution in [-0.4, -0.2) is 31.1 Å². The second-order valence-corrected chi connectivity index (χ2v) is 10.0. The van der Waals surface area contributed by atoms with Crippen molar-refractivity contribution in [2.45, 2.75) is 18.2 Å². The van der Waals surface area contributed by atoms with Gasteiger partial charge < -0.3 is 0 Å². The maximum atomic E-state index is 12.3. The summed E-state index contributed by atoms with van der Waals surface area (Å²) in [6.45, 7) is 2.09. The summed E-state index contributed by atoms with van der Waals surface area (Å²) >= 11 is 3.36. The van der Waals surface area contributed by atoms with Crippen LogP contribution in [0.1, 0.15) is 20.9 Å². The lowest BCUT2D eigenvalue weighted by atomic mass is 10.2. The molecule has 2 aromatic carbocycles. The fourth-order valence-electron chi connectivity index (χ4n) is 2.30. The Hall–Kier alpha value is -1.89. The SMILES string of the molecule is Cc1ccc(S(=O)(=O)NCCc2nnc(NC(=O)c3cccc(I)c3)s2)cc1. The lowest BCUT2D eigenvalue weighted by molar-refractivity contribution is 0.102. The molecule has 10 heteroatoms. The Kier molecular flexibility index (Phi) is 6.75. The minimum Gasteiger partial charge on any atom is -0.296 e. The van der Waals surface area contributed by atoms with E-state index in [0.717, 1.165) is 9.13 Å². The van der Waals surface area contributed by atoms with Gasteiger partial charge in [0.05, 0.1) is 4.90 Å². The van der Waals surface area contributed by atoms with E-state index in [4.69, 9.17) is 0 Å². The molecule has 0 saturated heterocycles. The first-order valence-electron chi connectivity index (χ1n) is 8.29. The Morgan fingerprint density at radius 1 is 1.14 bits per heavy atom. The van der Waals surface area contributed by atoms with Gasteiger partial charge in [0.25, 0.3) is 5.91 Å². The van der Waals surface area contributed by atoms with Crippen molar-refractivity contribution in [1.82, 2.24) is 14.9 Å². The topological polar surface area (TPSA) is 101 Å². The van der Waals surface area contributed by atoms with E-state index in [-0.39, 0.29) is 17.3 Å². The highest BCUT2D eigenvalue weighted by Gasteiger charge is 2.14. The van der Waals surface area contributed by atoms with Crippen molar-refractivity contribution >= 4 is 55.0 Å². The van der Waals surface area contributed by atoms with Gasteiger partial charge in [-0.05, 0) is 59.8 Å². The van der Waals surface area contributed by atoms with Gasteiger partial charge in [-0.1, -0.05) is 35.1 Å². The smallest absolute Gasteiger partial charge is 0.257 e. The van der Waals surface area contributed by atoms with Gasteiger partial charge in [-0.15, -0.1) is 10.2 Å². The van der Waals surface area contributed by atoms with E-state index in [9.17, 15) is 13.2 Å². The van der Waals surface area contributed by atoms with E-state index in [1.165, 1.54) is 11.3 Å².